The molecule has 3 aliphatic rings. The number of fused-ring (bicyclic) bond motifs is 3. The first-order valence-corrected chi connectivity index (χ1v) is 21.4. The third kappa shape index (κ3) is 7.68. The maximum absolute atomic E-state index is 14.0. The number of aromatic hydroxyl groups is 1. The molecule has 0 bridgehead atoms. The molecule has 3 aromatic rings. The SMILES string of the molecule is CCC/C(=C\c1cc(Br)ccc1O)CC[C@H]1OB(O)C[C@H]2C1=C(CO[Si](c1ccccc1)(c1ccccc1)C(C)(C)C)C[C@H]1C(=O)N(C(=O)OC)C(=O)[C@H]12. The molecule has 9 nitrogen and oxygen atoms in total. The number of amides is 3. The fourth-order valence-corrected chi connectivity index (χ4v) is 13.8. The summed E-state index contributed by atoms with van der Waals surface area (Å²) in [5.41, 5.74) is 3.54. The van der Waals surface area contributed by atoms with Crippen molar-refractivity contribution in [1.82, 2.24) is 4.90 Å². The van der Waals surface area contributed by atoms with Gasteiger partial charge in [-0.15, -0.1) is 0 Å². The lowest BCUT2D eigenvalue weighted by atomic mass is 9.58. The second kappa shape index (κ2) is 16.5. The Morgan fingerprint density at radius 2 is 1.65 bits per heavy atom. The minimum absolute atomic E-state index is 0.104. The second-order valence-corrected chi connectivity index (χ2v) is 20.8. The van der Waals surface area contributed by atoms with Crippen LogP contribution in [0.4, 0.5) is 4.79 Å². The lowest BCUT2D eigenvalue weighted by Gasteiger charge is -2.46. The minimum atomic E-state index is -3.02. The van der Waals surface area contributed by atoms with Crippen molar-refractivity contribution in [1.29, 1.82) is 0 Å². The van der Waals surface area contributed by atoms with Crippen LogP contribution in [0.15, 0.2) is 100 Å². The number of hydrogen-bond donors (Lipinski definition) is 2. The number of ether oxygens (including phenoxy) is 1. The molecule has 2 aliphatic heterocycles. The molecule has 4 atom stereocenters. The Bertz CT molecular complexity index is 1890. The van der Waals surface area contributed by atoms with Crippen molar-refractivity contribution < 1.29 is 38.3 Å². The molecule has 0 saturated carbocycles. The van der Waals surface area contributed by atoms with Crippen molar-refractivity contribution in [3.8, 4) is 5.75 Å². The molecule has 2 fully saturated rings. The Hall–Kier alpha value is -3.81. The van der Waals surface area contributed by atoms with Crippen LogP contribution in [0.2, 0.25) is 11.4 Å². The summed E-state index contributed by atoms with van der Waals surface area (Å²) in [6, 6.07) is 26.0. The number of methoxy groups -OCH3 is 1. The summed E-state index contributed by atoms with van der Waals surface area (Å²) in [4.78, 5) is 41.3. The highest BCUT2D eigenvalue weighted by atomic mass is 79.9. The zero-order valence-electron chi connectivity index (χ0n) is 31.6. The van der Waals surface area contributed by atoms with E-state index in [9.17, 15) is 24.5 Å². The number of allylic oxidation sites excluding steroid dienone is 1. The molecule has 0 spiro atoms. The largest absolute Gasteiger partial charge is 0.507 e. The molecular formula is C42H49BBrNO8Si. The number of likely N-dealkylation sites (tertiary alicyclic amines) is 1. The van der Waals surface area contributed by atoms with Crippen molar-refractivity contribution in [2.75, 3.05) is 13.7 Å². The van der Waals surface area contributed by atoms with Crippen molar-refractivity contribution in [2.24, 2.45) is 17.8 Å². The third-order valence-corrected chi connectivity index (χ3v) is 16.7. The van der Waals surface area contributed by atoms with Gasteiger partial charge in [0.05, 0.1) is 31.7 Å². The Labute approximate surface area is 327 Å². The fourth-order valence-electron chi connectivity index (χ4n) is 8.89. The lowest BCUT2D eigenvalue weighted by Crippen LogP contribution is -2.66. The van der Waals surface area contributed by atoms with Crippen molar-refractivity contribution in [3.63, 3.8) is 0 Å². The predicted molar refractivity (Wildman–Crippen MR) is 216 cm³/mol. The molecule has 12 heteroatoms. The number of phenols is 1. The highest BCUT2D eigenvalue weighted by Crippen LogP contribution is 2.51. The molecule has 3 aromatic carbocycles. The van der Waals surface area contributed by atoms with E-state index in [1.54, 1.807) is 12.1 Å². The zero-order valence-corrected chi connectivity index (χ0v) is 34.2. The van der Waals surface area contributed by atoms with Crippen LogP contribution in [0.3, 0.4) is 0 Å². The van der Waals surface area contributed by atoms with Crippen LogP contribution in [-0.2, 0) is 23.4 Å². The highest BCUT2D eigenvalue weighted by Gasteiger charge is 2.60. The summed E-state index contributed by atoms with van der Waals surface area (Å²) in [5.74, 6) is -3.19. The predicted octanol–water partition coefficient (Wildman–Crippen LogP) is 7.26. The van der Waals surface area contributed by atoms with Crippen LogP contribution in [0.5, 0.6) is 5.75 Å². The molecule has 3 amide bonds. The molecular weight excluding hydrogens is 765 g/mol. The quantitative estimate of drug-likeness (QED) is 0.118. The zero-order chi connectivity index (χ0) is 38.8. The van der Waals surface area contributed by atoms with E-state index in [0.717, 1.165) is 51.5 Å². The number of nitrogens with zero attached hydrogens (tertiary/aromatic N) is 1. The van der Waals surface area contributed by atoms with E-state index in [0.29, 0.717) is 23.3 Å². The fraction of sp³-hybridized carbons (Fsp3) is 0.405. The lowest BCUT2D eigenvalue weighted by molar-refractivity contribution is -0.137. The molecule has 54 heavy (non-hydrogen) atoms. The first kappa shape index (κ1) is 39.9. The van der Waals surface area contributed by atoms with E-state index in [4.69, 9.17) is 13.8 Å². The Kier molecular flexibility index (Phi) is 12.2. The number of rotatable bonds is 11. The molecule has 6 rings (SSSR count). The summed E-state index contributed by atoms with van der Waals surface area (Å²) in [5, 5.41) is 23.7. The van der Waals surface area contributed by atoms with E-state index in [1.165, 1.54) is 0 Å². The van der Waals surface area contributed by atoms with E-state index in [2.05, 4.69) is 67.9 Å². The maximum Gasteiger partial charge on any atom is 0.455 e. The van der Waals surface area contributed by atoms with Gasteiger partial charge in [0.1, 0.15) is 5.75 Å². The number of benzene rings is 3. The minimum Gasteiger partial charge on any atom is -0.507 e. The van der Waals surface area contributed by atoms with Gasteiger partial charge < -0.3 is 23.9 Å². The number of hydrogen-bond acceptors (Lipinski definition) is 8. The van der Waals surface area contributed by atoms with Gasteiger partial charge in [0, 0.05) is 10.0 Å². The summed E-state index contributed by atoms with van der Waals surface area (Å²) < 4.78 is 19.5. The van der Waals surface area contributed by atoms with Crippen LogP contribution < -0.4 is 10.4 Å². The van der Waals surface area contributed by atoms with Crippen molar-refractivity contribution in [2.45, 2.75) is 77.3 Å². The monoisotopic (exact) mass is 813 g/mol. The normalized spacial score (nSPS) is 22.0. The van der Waals surface area contributed by atoms with Crippen molar-refractivity contribution in [3.05, 3.63) is 106 Å². The van der Waals surface area contributed by atoms with Gasteiger partial charge in [0.25, 0.3) is 8.32 Å². The molecule has 284 valence electrons. The Morgan fingerprint density at radius 1 is 1.00 bits per heavy atom. The van der Waals surface area contributed by atoms with Crippen LogP contribution in [0.1, 0.15) is 65.4 Å². The highest BCUT2D eigenvalue weighted by molar-refractivity contribution is 9.10. The average molecular weight is 815 g/mol. The smallest absolute Gasteiger partial charge is 0.455 e. The Balaban J connectivity index is 1.44. The molecule has 2 N–H and O–H groups in total. The number of phenolic OH excluding ortho intramolecular Hbond substituents is 1. The number of carbonyl (C=O) groups is 3. The topological polar surface area (TPSA) is 123 Å². The summed E-state index contributed by atoms with van der Waals surface area (Å²) >= 11 is 3.51. The third-order valence-electron chi connectivity index (χ3n) is 11.2. The van der Waals surface area contributed by atoms with Crippen LogP contribution in [-0.4, -0.2) is 68.2 Å². The first-order valence-electron chi connectivity index (χ1n) is 18.7. The van der Waals surface area contributed by atoms with E-state index in [-0.39, 0.29) is 30.1 Å². The molecule has 0 unspecified atom stereocenters. The average Bonchev–Trinajstić information content (AvgIpc) is 3.40. The van der Waals surface area contributed by atoms with Gasteiger partial charge in [-0.2, -0.15) is 4.90 Å². The number of halogens is 1. The summed E-state index contributed by atoms with van der Waals surface area (Å²) in [6.07, 6.45) is 3.52. The standard InChI is InChI=1S/C42H49BBrNO8Si/c1-6-13-27(22-28-23-30(44)19-20-35(28)46)18-21-36-37-29(24-33-38(34(37)25-43(50)53-36)40(48)45(39(33)47)41(49)51-5)26-52-54(42(2,3)4,31-14-9-7-10-15-31)32-16-11-8-12-17-32/h7-12,14-17,19-20,22-23,33-34,36,38,46,50H,6,13,18,21,24-26H2,1-5H3/b27-22+/t33-,34+,36-,38-/m1/s1. The van der Waals surface area contributed by atoms with Crippen LogP contribution >= 0.6 is 15.9 Å². The van der Waals surface area contributed by atoms with Gasteiger partial charge in [-0.3, -0.25) is 9.59 Å². The summed E-state index contributed by atoms with van der Waals surface area (Å²) in [6.45, 7) is 8.90. The number of carbonyl (C=O) groups excluding carboxylic acids is 3. The first-order chi connectivity index (χ1) is 25.8. The van der Waals surface area contributed by atoms with Gasteiger partial charge in [-0.1, -0.05) is 122 Å². The Morgan fingerprint density at radius 3 is 2.24 bits per heavy atom. The van der Waals surface area contributed by atoms with E-state index < -0.39 is 57.2 Å². The molecule has 2 saturated heterocycles. The van der Waals surface area contributed by atoms with Gasteiger partial charge in [0.15, 0.2) is 0 Å². The maximum atomic E-state index is 14.0. The van der Waals surface area contributed by atoms with Crippen molar-refractivity contribution >= 4 is 65.7 Å². The number of imide groups is 3. The van der Waals surface area contributed by atoms with Crippen LogP contribution in [0.25, 0.3) is 6.08 Å². The van der Waals surface area contributed by atoms with Crippen LogP contribution in [0, 0.1) is 17.8 Å². The summed E-state index contributed by atoms with van der Waals surface area (Å²) in [7, 11) is -3.05. The second-order valence-electron chi connectivity index (χ2n) is 15.5. The van der Waals surface area contributed by atoms with Gasteiger partial charge in [-0.05, 0) is 82.7 Å². The van der Waals surface area contributed by atoms with Gasteiger partial charge in [-0.25, -0.2) is 4.79 Å². The molecule has 2 heterocycles. The van der Waals surface area contributed by atoms with E-state index in [1.807, 2.05) is 48.5 Å². The van der Waals surface area contributed by atoms with E-state index >= 15 is 0 Å². The van der Waals surface area contributed by atoms with Gasteiger partial charge >= 0.3 is 13.2 Å². The van der Waals surface area contributed by atoms with Gasteiger partial charge in [0.2, 0.25) is 11.8 Å². The molecule has 0 aromatic heterocycles. The molecule has 0 radical (unpaired) electrons. The molecule has 1 aliphatic carbocycles.